The fourth-order valence-electron chi connectivity index (χ4n) is 9.58. The summed E-state index contributed by atoms with van der Waals surface area (Å²) in [4.78, 5) is 5.04. The number of fused-ring (bicyclic) bond motifs is 13. The standard InChI is InChI=1S/C49H38N4/c1-4-16-42-50-38-23-12-15-26-41(38)51(42)32-27-29-33(30-28-32)53-40-25-14-10-21-36(40)45-47(53)43-34-19-8-11-22-37(34)49(2,3)46(43)44-35-20-9-13-24-39(35)52(48(44)45)31-17-6-5-7-18-31/h5-15,17-30H,4,16H2,1-3H3. The molecule has 0 amide bonds. The van der Waals surface area contributed by atoms with Crippen LogP contribution in [0.4, 0.5) is 0 Å². The Morgan fingerprint density at radius 2 is 1.06 bits per heavy atom. The van der Waals surface area contributed by atoms with Crippen LogP contribution >= 0.6 is 0 Å². The quantitative estimate of drug-likeness (QED) is 0.178. The predicted molar refractivity (Wildman–Crippen MR) is 221 cm³/mol. The third kappa shape index (κ3) is 4.04. The van der Waals surface area contributed by atoms with Crippen molar-refractivity contribution in [1.29, 1.82) is 0 Å². The zero-order valence-corrected chi connectivity index (χ0v) is 30.1. The molecule has 3 heterocycles. The van der Waals surface area contributed by atoms with Crippen molar-refractivity contribution in [2.24, 2.45) is 0 Å². The molecule has 0 saturated heterocycles. The van der Waals surface area contributed by atoms with Crippen LogP contribution < -0.4 is 0 Å². The minimum atomic E-state index is -0.215. The van der Waals surface area contributed by atoms with E-state index in [1.807, 2.05) is 0 Å². The highest BCUT2D eigenvalue weighted by atomic mass is 15.1. The van der Waals surface area contributed by atoms with Crippen molar-refractivity contribution in [2.75, 3.05) is 0 Å². The van der Waals surface area contributed by atoms with Gasteiger partial charge in [-0.3, -0.25) is 4.57 Å². The molecule has 11 rings (SSSR count). The molecule has 0 bridgehead atoms. The Labute approximate surface area is 308 Å². The van der Waals surface area contributed by atoms with Gasteiger partial charge in [0, 0.05) is 56.0 Å². The van der Waals surface area contributed by atoms with Crippen LogP contribution in [0, 0.1) is 0 Å². The summed E-state index contributed by atoms with van der Waals surface area (Å²) in [6.45, 7) is 7.06. The zero-order valence-electron chi connectivity index (χ0n) is 30.1. The average Bonchev–Trinajstić information content (AvgIpc) is 3.91. The lowest BCUT2D eigenvalue weighted by atomic mass is 9.80. The normalized spacial score (nSPS) is 13.5. The van der Waals surface area contributed by atoms with E-state index in [0.717, 1.165) is 41.1 Å². The highest BCUT2D eigenvalue weighted by molar-refractivity contribution is 6.31. The second kappa shape index (κ2) is 11.1. The lowest BCUT2D eigenvalue weighted by Crippen LogP contribution is -2.15. The van der Waals surface area contributed by atoms with E-state index in [4.69, 9.17) is 4.98 Å². The summed E-state index contributed by atoms with van der Waals surface area (Å²) in [5.74, 6) is 1.10. The molecule has 0 aliphatic heterocycles. The summed E-state index contributed by atoms with van der Waals surface area (Å²) < 4.78 is 7.40. The molecular weight excluding hydrogens is 645 g/mol. The van der Waals surface area contributed by atoms with E-state index in [1.165, 1.54) is 71.6 Å². The molecule has 1 aliphatic rings. The molecule has 7 aromatic carbocycles. The maximum atomic E-state index is 5.04. The van der Waals surface area contributed by atoms with Gasteiger partial charge in [-0.05, 0) is 83.8 Å². The Hall–Kier alpha value is -6.39. The molecule has 4 nitrogen and oxygen atoms in total. The van der Waals surface area contributed by atoms with Crippen LogP contribution in [0.15, 0.2) is 152 Å². The van der Waals surface area contributed by atoms with Gasteiger partial charge in [-0.1, -0.05) is 112 Å². The third-order valence-electron chi connectivity index (χ3n) is 11.7. The Bertz CT molecular complexity index is 3080. The number of rotatable bonds is 5. The summed E-state index contributed by atoms with van der Waals surface area (Å²) in [7, 11) is 0. The predicted octanol–water partition coefficient (Wildman–Crippen LogP) is 12.5. The fraction of sp³-hybridized carbons (Fsp3) is 0.122. The molecule has 3 aromatic heterocycles. The van der Waals surface area contributed by atoms with Gasteiger partial charge in [-0.15, -0.1) is 0 Å². The van der Waals surface area contributed by atoms with Crippen molar-refractivity contribution in [3.63, 3.8) is 0 Å². The minimum absolute atomic E-state index is 0.215. The lowest BCUT2D eigenvalue weighted by Gasteiger charge is -2.23. The van der Waals surface area contributed by atoms with Crippen LogP contribution in [0.2, 0.25) is 0 Å². The number of nitrogens with zero attached hydrogens (tertiary/aromatic N) is 4. The first-order valence-electron chi connectivity index (χ1n) is 18.8. The van der Waals surface area contributed by atoms with E-state index < -0.39 is 0 Å². The van der Waals surface area contributed by atoms with Gasteiger partial charge in [0.15, 0.2) is 0 Å². The van der Waals surface area contributed by atoms with Gasteiger partial charge in [-0.2, -0.15) is 0 Å². The van der Waals surface area contributed by atoms with Crippen molar-refractivity contribution in [1.82, 2.24) is 18.7 Å². The van der Waals surface area contributed by atoms with Crippen molar-refractivity contribution in [3.8, 4) is 28.2 Å². The SMILES string of the molecule is CCCc1nc2ccccc2n1-c1ccc(-n2c3ccccc3c3c2c2c(c4c5ccccc5n(-c5ccccc5)c43)C(C)(C)c3ccccc3-2)cc1. The Balaban J connectivity index is 1.31. The highest BCUT2D eigenvalue weighted by Crippen LogP contribution is 2.58. The van der Waals surface area contributed by atoms with E-state index in [-0.39, 0.29) is 5.41 Å². The second-order valence-electron chi connectivity index (χ2n) is 15.0. The first kappa shape index (κ1) is 30.3. The molecular formula is C49H38N4. The molecule has 4 heteroatoms. The van der Waals surface area contributed by atoms with Gasteiger partial charge >= 0.3 is 0 Å². The molecule has 0 unspecified atom stereocenters. The summed E-state index contributed by atoms with van der Waals surface area (Å²) >= 11 is 0. The Morgan fingerprint density at radius 3 is 1.77 bits per heavy atom. The molecule has 1 aliphatic carbocycles. The Morgan fingerprint density at radius 1 is 0.509 bits per heavy atom. The zero-order chi connectivity index (χ0) is 35.4. The van der Waals surface area contributed by atoms with E-state index in [9.17, 15) is 0 Å². The van der Waals surface area contributed by atoms with Gasteiger partial charge < -0.3 is 9.13 Å². The van der Waals surface area contributed by atoms with Crippen molar-refractivity contribution < 1.29 is 0 Å². The molecule has 0 atom stereocenters. The summed E-state index contributed by atoms with van der Waals surface area (Å²) in [5, 5.41) is 5.19. The van der Waals surface area contributed by atoms with Gasteiger partial charge in [0.1, 0.15) is 5.82 Å². The van der Waals surface area contributed by atoms with Crippen LogP contribution in [-0.2, 0) is 11.8 Å². The number of benzene rings is 7. The van der Waals surface area contributed by atoms with Gasteiger partial charge in [0.2, 0.25) is 0 Å². The monoisotopic (exact) mass is 682 g/mol. The largest absolute Gasteiger partial charge is 0.309 e. The smallest absolute Gasteiger partial charge is 0.114 e. The summed E-state index contributed by atoms with van der Waals surface area (Å²) in [6, 6.07) is 55.6. The molecule has 10 aromatic rings. The van der Waals surface area contributed by atoms with E-state index in [1.54, 1.807) is 0 Å². The molecule has 0 radical (unpaired) electrons. The van der Waals surface area contributed by atoms with Gasteiger partial charge in [0.05, 0.1) is 33.1 Å². The molecule has 0 spiro atoms. The average molecular weight is 683 g/mol. The third-order valence-corrected chi connectivity index (χ3v) is 11.7. The molecule has 0 fully saturated rings. The number of imidazole rings is 1. The van der Waals surface area contributed by atoms with Crippen LogP contribution in [-0.4, -0.2) is 18.7 Å². The Kier molecular flexibility index (Phi) is 6.31. The van der Waals surface area contributed by atoms with E-state index >= 15 is 0 Å². The number of aromatic nitrogens is 4. The molecule has 254 valence electrons. The minimum Gasteiger partial charge on any atom is -0.309 e. The maximum absolute atomic E-state index is 5.04. The van der Waals surface area contributed by atoms with Gasteiger partial charge in [0.25, 0.3) is 0 Å². The van der Waals surface area contributed by atoms with Crippen molar-refractivity contribution in [3.05, 3.63) is 169 Å². The first-order chi connectivity index (χ1) is 26.1. The molecule has 53 heavy (non-hydrogen) atoms. The maximum Gasteiger partial charge on any atom is 0.114 e. The first-order valence-corrected chi connectivity index (χ1v) is 18.8. The second-order valence-corrected chi connectivity index (χ2v) is 15.0. The van der Waals surface area contributed by atoms with Crippen LogP contribution in [0.5, 0.6) is 0 Å². The van der Waals surface area contributed by atoms with Crippen molar-refractivity contribution >= 4 is 54.6 Å². The highest BCUT2D eigenvalue weighted by Gasteiger charge is 2.41. The lowest BCUT2D eigenvalue weighted by molar-refractivity contribution is 0.667. The topological polar surface area (TPSA) is 27.7 Å². The summed E-state index contributed by atoms with van der Waals surface area (Å²) in [6.07, 6.45) is 1.97. The van der Waals surface area contributed by atoms with Crippen molar-refractivity contribution in [2.45, 2.75) is 39.0 Å². The number of hydrogen-bond donors (Lipinski definition) is 0. The number of hydrogen-bond acceptors (Lipinski definition) is 1. The summed E-state index contributed by atoms with van der Waals surface area (Å²) in [5.41, 5.74) is 15.8. The van der Waals surface area contributed by atoms with E-state index in [2.05, 4.69) is 186 Å². The number of para-hydroxylation sites is 5. The van der Waals surface area contributed by atoms with Crippen LogP contribution in [0.1, 0.15) is 44.1 Å². The van der Waals surface area contributed by atoms with E-state index in [0.29, 0.717) is 0 Å². The molecule has 0 N–H and O–H groups in total. The van der Waals surface area contributed by atoms with Crippen LogP contribution in [0.25, 0.3) is 82.8 Å². The van der Waals surface area contributed by atoms with Crippen LogP contribution in [0.3, 0.4) is 0 Å². The fourth-order valence-corrected chi connectivity index (χ4v) is 9.58. The molecule has 0 saturated carbocycles. The van der Waals surface area contributed by atoms with Gasteiger partial charge in [-0.25, -0.2) is 4.98 Å². The number of aryl methyl sites for hydroxylation is 1.